The van der Waals surface area contributed by atoms with Crippen LogP contribution in [0.5, 0.6) is 0 Å². The lowest BCUT2D eigenvalue weighted by Crippen LogP contribution is -2.36. The molecule has 1 heterocycles. The van der Waals surface area contributed by atoms with Crippen molar-refractivity contribution < 1.29 is 14.4 Å². The number of amides is 3. The molecule has 1 aliphatic carbocycles. The fraction of sp³-hybridized carbons (Fsp3) is 0.318. The highest BCUT2D eigenvalue weighted by Gasteiger charge is 2.35. The molecule has 2 aromatic carbocycles. The van der Waals surface area contributed by atoms with Gasteiger partial charge in [0.05, 0.1) is 17.7 Å². The van der Waals surface area contributed by atoms with E-state index in [2.05, 4.69) is 5.32 Å². The van der Waals surface area contributed by atoms with Gasteiger partial charge in [0.1, 0.15) is 0 Å². The summed E-state index contributed by atoms with van der Waals surface area (Å²) in [4.78, 5) is 38.8. The molecular formula is C22H22N2O3. The first-order valence-electron chi connectivity index (χ1n) is 9.48. The summed E-state index contributed by atoms with van der Waals surface area (Å²) >= 11 is 0. The molecule has 0 aromatic heterocycles. The first-order valence-corrected chi connectivity index (χ1v) is 9.48. The fourth-order valence-corrected chi connectivity index (χ4v) is 3.89. The van der Waals surface area contributed by atoms with Crippen LogP contribution in [-0.4, -0.2) is 28.7 Å². The molecule has 1 fully saturated rings. The number of carbonyl (C=O) groups excluding carboxylic acids is 3. The Morgan fingerprint density at radius 2 is 1.59 bits per heavy atom. The Morgan fingerprint density at radius 3 is 2.26 bits per heavy atom. The third kappa shape index (κ3) is 3.50. The molecular weight excluding hydrogens is 340 g/mol. The van der Waals surface area contributed by atoms with Crippen LogP contribution in [0.2, 0.25) is 0 Å². The molecule has 2 aliphatic rings. The lowest BCUT2D eigenvalue weighted by atomic mass is 9.95. The lowest BCUT2D eigenvalue weighted by molar-refractivity contribution is 0.0642. The van der Waals surface area contributed by atoms with E-state index >= 15 is 0 Å². The number of benzene rings is 2. The molecule has 3 amide bonds. The minimum absolute atomic E-state index is 0.0916. The molecule has 138 valence electrons. The van der Waals surface area contributed by atoms with Crippen LogP contribution in [0.25, 0.3) is 0 Å². The van der Waals surface area contributed by atoms with E-state index in [0.29, 0.717) is 16.7 Å². The first kappa shape index (κ1) is 17.5. The summed E-state index contributed by atoms with van der Waals surface area (Å²) in [5.41, 5.74) is 2.21. The van der Waals surface area contributed by atoms with Crippen LogP contribution < -0.4 is 5.32 Å². The van der Waals surface area contributed by atoms with Crippen molar-refractivity contribution in [2.45, 2.75) is 44.7 Å². The fourth-order valence-electron chi connectivity index (χ4n) is 3.89. The first-order chi connectivity index (χ1) is 13.1. The molecule has 0 unspecified atom stereocenters. The Labute approximate surface area is 158 Å². The zero-order valence-corrected chi connectivity index (χ0v) is 15.1. The lowest BCUT2D eigenvalue weighted by Gasteiger charge is -2.23. The van der Waals surface area contributed by atoms with Crippen molar-refractivity contribution in [3.05, 3.63) is 70.8 Å². The van der Waals surface area contributed by atoms with Crippen LogP contribution in [-0.2, 0) is 6.54 Å². The van der Waals surface area contributed by atoms with Crippen LogP contribution in [0.4, 0.5) is 0 Å². The van der Waals surface area contributed by atoms with Crippen molar-refractivity contribution in [2.24, 2.45) is 0 Å². The SMILES string of the molecule is O=C(NC1CCCCC1)c1cccc(CN2C(=O)c3ccccc3C2=O)c1. The highest BCUT2D eigenvalue weighted by molar-refractivity contribution is 6.21. The zero-order chi connectivity index (χ0) is 18.8. The summed E-state index contributed by atoms with van der Waals surface area (Å²) < 4.78 is 0. The molecule has 5 nitrogen and oxygen atoms in total. The van der Waals surface area contributed by atoms with E-state index in [1.807, 2.05) is 6.07 Å². The Bertz CT molecular complexity index is 865. The molecule has 1 saturated carbocycles. The van der Waals surface area contributed by atoms with Crippen LogP contribution in [0.15, 0.2) is 48.5 Å². The molecule has 0 spiro atoms. The third-order valence-electron chi connectivity index (χ3n) is 5.35. The Balaban J connectivity index is 1.48. The van der Waals surface area contributed by atoms with Crippen molar-refractivity contribution in [3.63, 3.8) is 0 Å². The molecule has 0 saturated heterocycles. The Morgan fingerprint density at radius 1 is 0.926 bits per heavy atom. The van der Waals surface area contributed by atoms with Gasteiger partial charge < -0.3 is 5.32 Å². The van der Waals surface area contributed by atoms with Gasteiger partial charge in [0.2, 0.25) is 0 Å². The van der Waals surface area contributed by atoms with E-state index in [9.17, 15) is 14.4 Å². The second kappa shape index (κ2) is 7.35. The van der Waals surface area contributed by atoms with Gasteiger partial charge in [0.25, 0.3) is 17.7 Å². The van der Waals surface area contributed by atoms with Crippen LogP contribution >= 0.6 is 0 Å². The molecule has 4 rings (SSSR count). The minimum Gasteiger partial charge on any atom is -0.349 e. The molecule has 0 radical (unpaired) electrons. The largest absolute Gasteiger partial charge is 0.349 e. The number of nitrogens with one attached hydrogen (secondary N) is 1. The smallest absolute Gasteiger partial charge is 0.261 e. The standard InChI is InChI=1S/C22H22N2O3/c25-20(23-17-9-2-1-3-10-17)16-8-6-7-15(13-16)14-24-21(26)18-11-4-5-12-19(18)22(24)27/h4-8,11-13,17H,1-3,9-10,14H2,(H,23,25). The molecule has 2 aromatic rings. The Kier molecular flexibility index (Phi) is 4.75. The summed E-state index contributed by atoms with van der Waals surface area (Å²) in [5, 5.41) is 3.10. The Hall–Kier alpha value is -2.95. The van der Waals surface area contributed by atoms with Crippen molar-refractivity contribution in [2.75, 3.05) is 0 Å². The monoisotopic (exact) mass is 362 g/mol. The van der Waals surface area contributed by atoms with Gasteiger partial charge in [-0.2, -0.15) is 0 Å². The number of fused-ring (bicyclic) bond motifs is 1. The summed E-state index contributed by atoms with van der Waals surface area (Å²) in [5.74, 6) is -0.661. The van der Waals surface area contributed by atoms with Gasteiger partial charge in [-0.3, -0.25) is 19.3 Å². The van der Waals surface area contributed by atoms with E-state index in [4.69, 9.17) is 0 Å². The predicted molar refractivity (Wildman–Crippen MR) is 101 cm³/mol. The van der Waals surface area contributed by atoms with Gasteiger partial charge >= 0.3 is 0 Å². The van der Waals surface area contributed by atoms with E-state index < -0.39 is 0 Å². The summed E-state index contributed by atoms with van der Waals surface area (Å²) in [7, 11) is 0. The van der Waals surface area contributed by atoms with E-state index in [-0.39, 0.29) is 30.3 Å². The second-order valence-corrected chi connectivity index (χ2v) is 7.25. The normalized spacial score (nSPS) is 17.1. The van der Waals surface area contributed by atoms with Crippen molar-refractivity contribution in [1.82, 2.24) is 10.2 Å². The average molecular weight is 362 g/mol. The van der Waals surface area contributed by atoms with Crippen molar-refractivity contribution >= 4 is 17.7 Å². The number of imide groups is 1. The molecule has 27 heavy (non-hydrogen) atoms. The molecule has 1 aliphatic heterocycles. The van der Waals surface area contributed by atoms with Gasteiger partial charge in [0, 0.05) is 11.6 Å². The highest BCUT2D eigenvalue weighted by atomic mass is 16.2. The van der Waals surface area contributed by atoms with Gasteiger partial charge in [-0.25, -0.2) is 0 Å². The topological polar surface area (TPSA) is 66.5 Å². The summed E-state index contributed by atoms with van der Waals surface area (Å²) in [6, 6.07) is 14.3. The predicted octanol–water partition coefficient (Wildman–Crippen LogP) is 3.55. The van der Waals surface area contributed by atoms with E-state index in [0.717, 1.165) is 31.2 Å². The molecule has 5 heteroatoms. The van der Waals surface area contributed by atoms with Crippen molar-refractivity contribution in [3.8, 4) is 0 Å². The maximum Gasteiger partial charge on any atom is 0.261 e. The number of carbonyl (C=O) groups is 3. The van der Waals surface area contributed by atoms with Crippen LogP contribution in [0.3, 0.4) is 0 Å². The van der Waals surface area contributed by atoms with E-state index in [1.165, 1.54) is 11.3 Å². The average Bonchev–Trinajstić information content (AvgIpc) is 2.94. The maximum atomic E-state index is 12.6. The van der Waals surface area contributed by atoms with Gasteiger partial charge in [-0.15, -0.1) is 0 Å². The number of hydrogen-bond acceptors (Lipinski definition) is 3. The van der Waals surface area contributed by atoms with Gasteiger partial charge in [-0.05, 0) is 42.7 Å². The zero-order valence-electron chi connectivity index (χ0n) is 15.1. The highest BCUT2D eigenvalue weighted by Crippen LogP contribution is 2.24. The van der Waals surface area contributed by atoms with Gasteiger partial charge in [0.15, 0.2) is 0 Å². The third-order valence-corrected chi connectivity index (χ3v) is 5.35. The summed E-state index contributed by atoms with van der Waals surface area (Å²) in [6.45, 7) is 0.164. The number of rotatable bonds is 4. The van der Waals surface area contributed by atoms with Gasteiger partial charge in [-0.1, -0.05) is 43.5 Å². The van der Waals surface area contributed by atoms with Crippen LogP contribution in [0, 0.1) is 0 Å². The number of hydrogen-bond donors (Lipinski definition) is 1. The number of nitrogens with zero attached hydrogens (tertiary/aromatic N) is 1. The minimum atomic E-state index is -0.285. The summed E-state index contributed by atoms with van der Waals surface area (Å²) in [6.07, 6.45) is 5.61. The van der Waals surface area contributed by atoms with Crippen LogP contribution in [0.1, 0.15) is 68.7 Å². The maximum absolute atomic E-state index is 12.6. The second-order valence-electron chi connectivity index (χ2n) is 7.25. The van der Waals surface area contributed by atoms with E-state index in [1.54, 1.807) is 42.5 Å². The quantitative estimate of drug-likeness (QED) is 0.846. The molecule has 1 N–H and O–H groups in total. The van der Waals surface area contributed by atoms with Crippen molar-refractivity contribution in [1.29, 1.82) is 0 Å². The molecule has 0 atom stereocenters. The molecule has 0 bridgehead atoms.